The van der Waals surface area contributed by atoms with E-state index in [0.717, 1.165) is 36.7 Å². The van der Waals surface area contributed by atoms with Crippen LogP contribution in [0.15, 0.2) is 41.7 Å². The Morgan fingerprint density at radius 2 is 1.86 bits per heavy atom. The van der Waals surface area contributed by atoms with Gasteiger partial charge in [-0.3, -0.25) is 19.9 Å². The van der Waals surface area contributed by atoms with Crippen molar-refractivity contribution in [2.45, 2.75) is 25.6 Å². The summed E-state index contributed by atoms with van der Waals surface area (Å²) in [6.45, 7) is 2.21. The highest BCUT2D eigenvalue weighted by Gasteiger charge is 2.32. The van der Waals surface area contributed by atoms with E-state index in [0.29, 0.717) is 48.7 Å². The van der Waals surface area contributed by atoms with E-state index in [1.807, 2.05) is 0 Å². The minimum Gasteiger partial charge on any atom is -0.347 e. The summed E-state index contributed by atoms with van der Waals surface area (Å²) in [6, 6.07) is 3.75. The van der Waals surface area contributed by atoms with Gasteiger partial charge in [0.05, 0.1) is 27.6 Å². The molecule has 2 aliphatic rings. The summed E-state index contributed by atoms with van der Waals surface area (Å²) < 4.78 is 40.9. The van der Waals surface area contributed by atoms with Crippen molar-refractivity contribution < 1.29 is 22.8 Å². The maximum Gasteiger partial charge on any atom is 0.416 e. The third-order valence-corrected chi connectivity index (χ3v) is 7.57. The Kier molecular flexibility index (Phi) is 8.68. The topological polar surface area (TPSA) is 129 Å². The van der Waals surface area contributed by atoms with Gasteiger partial charge in [0.2, 0.25) is 11.9 Å². The number of rotatable bonds is 8. The molecule has 42 heavy (non-hydrogen) atoms. The van der Waals surface area contributed by atoms with Gasteiger partial charge in [-0.15, -0.1) is 0 Å². The molecule has 0 saturated carbocycles. The molecule has 2 aliphatic heterocycles. The fourth-order valence-corrected chi connectivity index (χ4v) is 5.23. The van der Waals surface area contributed by atoms with Crippen molar-refractivity contribution in [1.29, 1.82) is 0 Å². The lowest BCUT2D eigenvalue weighted by atomic mass is 9.97. The highest BCUT2D eigenvalue weighted by molar-refractivity contribution is 8.18. The first-order valence-electron chi connectivity index (χ1n) is 13.2. The Morgan fingerprint density at radius 1 is 1.12 bits per heavy atom. The number of imide groups is 1. The fourth-order valence-electron chi connectivity index (χ4n) is 4.57. The first kappa shape index (κ1) is 29.4. The molecule has 0 atom stereocenters. The van der Waals surface area contributed by atoms with Crippen LogP contribution in [-0.2, 0) is 17.5 Å². The monoisotopic (exact) mass is 599 g/mol. The maximum absolute atomic E-state index is 13.6. The van der Waals surface area contributed by atoms with Crippen molar-refractivity contribution >= 4 is 40.9 Å². The molecule has 2 fully saturated rings. The lowest BCUT2D eigenvalue weighted by Crippen LogP contribution is -2.38. The summed E-state index contributed by atoms with van der Waals surface area (Å²) in [6.07, 6.45) is 3.28. The molecule has 5 heterocycles. The molecule has 11 nitrogen and oxygen atoms in total. The lowest BCUT2D eigenvalue weighted by Gasteiger charge is -2.32. The summed E-state index contributed by atoms with van der Waals surface area (Å²) in [5, 5.41) is 5.08. The van der Waals surface area contributed by atoms with Gasteiger partial charge >= 0.3 is 6.18 Å². The number of aromatic nitrogens is 5. The Morgan fingerprint density at radius 3 is 2.50 bits per heavy atom. The van der Waals surface area contributed by atoms with E-state index in [1.54, 1.807) is 37.3 Å². The van der Waals surface area contributed by atoms with E-state index in [1.165, 1.54) is 12.4 Å². The molecule has 3 aromatic rings. The molecule has 0 aromatic carbocycles. The summed E-state index contributed by atoms with van der Waals surface area (Å²) >= 11 is 0.832. The van der Waals surface area contributed by atoms with Crippen molar-refractivity contribution in [2.75, 3.05) is 43.5 Å². The third kappa shape index (κ3) is 7.20. The van der Waals surface area contributed by atoms with Crippen LogP contribution in [0.25, 0.3) is 17.3 Å². The standard InChI is InChI=1S/C27H28F3N9O2S/c1-38(2)24-33-13-17(14-34-24)21-10-18(27(28,29)30)9-20(35-21)15-31-12-16-4-7-39(8-5-16)25-32-6-3-19(36-25)11-22-23(40)37-26(41)42-22/h3,6,9-11,13-14,16,31H,4-5,7-8,12,15H2,1-2H3,(H,37,40,41)/b22-11-. The van der Waals surface area contributed by atoms with Gasteiger partial charge in [-0.2, -0.15) is 13.2 Å². The smallest absolute Gasteiger partial charge is 0.347 e. The second-order valence-corrected chi connectivity index (χ2v) is 11.1. The number of hydrogen-bond acceptors (Lipinski definition) is 11. The molecule has 0 radical (unpaired) electrons. The Labute approximate surface area is 244 Å². The van der Waals surface area contributed by atoms with Crippen LogP contribution in [0.2, 0.25) is 0 Å². The number of hydrogen-bond donors (Lipinski definition) is 2. The van der Waals surface area contributed by atoms with Crippen molar-refractivity contribution in [3.63, 3.8) is 0 Å². The fraction of sp³-hybridized carbons (Fsp3) is 0.370. The highest BCUT2D eigenvalue weighted by Crippen LogP contribution is 2.32. The number of amides is 2. The van der Waals surface area contributed by atoms with Gasteiger partial charge in [0, 0.05) is 57.9 Å². The van der Waals surface area contributed by atoms with Gasteiger partial charge in [-0.25, -0.2) is 19.9 Å². The van der Waals surface area contributed by atoms with Gasteiger partial charge in [0.1, 0.15) is 0 Å². The molecular formula is C27H28F3N9O2S. The Bertz CT molecular complexity index is 1490. The predicted octanol–water partition coefficient (Wildman–Crippen LogP) is 3.74. The average Bonchev–Trinajstić information content (AvgIpc) is 3.28. The van der Waals surface area contributed by atoms with Crippen molar-refractivity contribution in [3.8, 4) is 11.3 Å². The minimum atomic E-state index is -4.51. The number of alkyl halides is 3. The Balaban J connectivity index is 1.18. The second kappa shape index (κ2) is 12.4. The maximum atomic E-state index is 13.6. The lowest BCUT2D eigenvalue weighted by molar-refractivity contribution is -0.137. The summed E-state index contributed by atoms with van der Waals surface area (Å²) in [4.78, 5) is 49.0. The number of anilines is 2. The number of carbonyl (C=O) groups is 2. The largest absolute Gasteiger partial charge is 0.416 e. The van der Waals surface area contributed by atoms with E-state index in [-0.39, 0.29) is 22.8 Å². The highest BCUT2D eigenvalue weighted by atomic mass is 32.2. The van der Waals surface area contributed by atoms with Crippen LogP contribution in [0, 0.1) is 5.92 Å². The molecule has 0 unspecified atom stereocenters. The van der Waals surface area contributed by atoms with E-state index in [2.05, 4.69) is 40.5 Å². The molecule has 3 aromatic heterocycles. The zero-order valence-electron chi connectivity index (χ0n) is 22.9. The average molecular weight is 600 g/mol. The van der Waals surface area contributed by atoms with E-state index < -0.39 is 22.9 Å². The molecule has 0 aliphatic carbocycles. The number of carbonyl (C=O) groups excluding carboxylic acids is 2. The van der Waals surface area contributed by atoms with E-state index in [9.17, 15) is 22.8 Å². The molecule has 2 saturated heterocycles. The molecule has 2 amide bonds. The van der Waals surface area contributed by atoms with E-state index >= 15 is 0 Å². The van der Waals surface area contributed by atoms with Gasteiger partial charge in [-0.1, -0.05) is 0 Å². The van der Waals surface area contributed by atoms with E-state index in [4.69, 9.17) is 0 Å². The van der Waals surface area contributed by atoms with Crippen LogP contribution < -0.4 is 20.4 Å². The van der Waals surface area contributed by atoms with Crippen LogP contribution in [-0.4, -0.2) is 69.8 Å². The van der Waals surface area contributed by atoms with Gasteiger partial charge in [-0.05, 0) is 61.3 Å². The van der Waals surface area contributed by atoms with Gasteiger partial charge in [0.25, 0.3) is 11.1 Å². The zero-order valence-corrected chi connectivity index (χ0v) is 23.7. The number of piperidine rings is 1. The summed E-state index contributed by atoms with van der Waals surface area (Å²) in [5.74, 6) is 0.857. The molecule has 15 heteroatoms. The van der Waals surface area contributed by atoms with Crippen LogP contribution in [0.3, 0.4) is 0 Å². The first-order valence-corrected chi connectivity index (χ1v) is 14.0. The molecule has 0 spiro atoms. The van der Waals surface area contributed by atoms with Crippen molar-refractivity contribution in [3.05, 3.63) is 58.6 Å². The van der Waals surface area contributed by atoms with Gasteiger partial charge < -0.3 is 15.1 Å². The quantitative estimate of drug-likeness (QED) is 0.368. The number of thioether (sulfide) groups is 1. The number of nitrogens with one attached hydrogen (secondary N) is 2. The Hall–Kier alpha value is -4.11. The minimum absolute atomic E-state index is 0.164. The predicted molar refractivity (Wildman–Crippen MR) is 152 cm³/mol. The van der Waals surface area contributed by atoms with Crippen LogP contribution >= 0.6 is 11.8 Å². The second-order valence-electron chi connectivity index (χ2n) is 10.1. The molecule has 5 rings (SSSR count). The zero-order chi connectivity index (χ0) is 29.9. The van der Waals surface area contributed by atoms with Crippen LogP contribution in [0.5, 0.6) is 0 Å². The first-order chi connectivity index (χ1) is 20.0. The SMILES string of the molecule is CN(C)c1ncc(-c2cc(C(F)(F)F)cc(CNCC3CCN(c4nccc(/C=C5\SC(=O)NC5=O)n4)CC3)n2)cn1. The molecular weight excluding hydrogens is 571 g/mol. The van der Waals surface area contributed by atoms with Crippen LogP contribution in [0.1, 0.15) is 29.8 Å². The molecule has 220 valence electrons. The third-order valence-electron chi connectivity index (χ3n) is 6.76. The number of pyridine rings is 1. The molecule has 0 bridgehead atoms. The summed E-state index contributed by atoms with van der Waals surface area (Å²) in [5.41, 5.74) is 0.609. The van der Waals surface area contributed by atoms with Crippen LogP contribution in [0.4, 0.5) is 29.9 Å². The molecule has 2 N–H and O–H groups in total. The van der Waals surface area contributed by atoms with Crippen molar-refractivity contribution in [2.24, 2.45) is 5.92 Å². The number of halogens is 3. The normalized spacial score (nSPS) is 17.2. The number of nitrogens with zero attached hydrogens (tertiary/aromatic N) is 7. The summed E-state index contributed by atoms with van der Waals surface area (Å²) in [7, 11) is 3.55. The van der Waals surface area contributed by atoms with Crippen molar-refractivity contribution in [1.82, 2.24) is 35.6 Å². The van der Waals surface area contributed by atoms with Gasteiger partial charge in [0.15, 0.2) is 0 Å².